The molecule has 0 radical (unpaired) electrons. The van der Waals surface area contributed by atoms with Crippen LogP contribution in [0.4, 0.5) is 11.5 Å². The molecule has 1 aliphatic carbocycles. The quantitative estimate of drug-likeness (QED) is 0.652. The molecule has 0 aromatic carbocycles. The number of hydrogen-bond donors (Lipinski definition) is 2. The summed E-state index contributed by atoms with van der Waals surface area (Å²) in [5, 5.41) is 8.83. The summed E-state index contributed by atoms with van der Waals surface area (Å²) in [6.07, 6.45) is 6.41. The van der Waals surface area contributed by atoms with Crippen LogP contribution in [0.2, 0.25) is 0 Å². The van der Waals surface area contributed by atoms with Gasteiger partial charge in [-0.3, -0.25) is 14.6 Å². The molecular weight excluding hydrogens is 388 g/mol. The van der Waals surface area contributed by atoms with Gasteiger partial charge in [0.2, 0.25) is 5.91 Å². The molecule has 0 unspecified atom stereocenters. The predicted molar refractivity (Wildman–Crippen MR) is 108 cm³/mol. The predicted octanol–water partition coefficient (Wildman–Crippen LogP) is 2.48. The van der Waals surface area contributed by atoms with Crippen molar-refractivity contribution in [2.45, 2.75) is 31.5 Å². The third-order valence-corrected chi connectivity index (χ3v) is 6.03. The van der Waals surface area contributed by atoms with E-state index in [0.717, 1.165) is 16.3 Å². The fourth-order valence-corrected chi connectivity index (χ4v) is 4.12. The van der Waals surface area contributed by atoms with E-state index in [-0.39, 0.29) is 11.8 Å². The van der Waals surface area contributed by atoms with Crippen molar-refractivity contribution in [2.75, 3.05) is 5.32 Å². The molecule has 1 aliphatic heterocycles. The number of nitrogens with zero attached hydrogens (tertiary/aromatic N) is 4. The van der Waals surface area contributed by atoms with Crippen LogP contribution in [-0.4, -0.2) is 37.2 Å². The highest BCUT2D eigenvalue weighted by Crippen LogP contribution is 2.46. The molecule has 2 amide bonds. The van der Waals surface area contributed by atoms with Crippen LogP contribution in [0.25, 0.3) is 0 Å². The molecular formula is C20H18N6O2S. The van der Waals surface area contributed by atoms with Gasteiger partial charge in [-0.15, -0.1) is 11.3 Å². The van der Waals surface area contributed by atoms with E-state index in [0.29, 0.717) is 37.4 Å². The normalized spacial score (nSPS) is 16.4. The van der Waals surface area contributed by atoms with Crippen LogP contribution in [-0.2, 0) is 17.9 Å². The molecule has 3 aromatic heterocycles. The van der Waals surface area contributed by atoms with Crippen LogP contribution < -0.4 is 10.6 Å². The minimum Gasteiger partial charge on any atom is -0.348 e. The van der Waals surface area contributed by atoms with Crippen molar-refractivity contribution in [3.05, 3.63) is 64.5 Å². The summed E-state index contributed by atoms with van der Waals surface area (Å²) < 4.78 is 0. The van der Waals surface area contributed by atoms with E-state index in [4.69, 9.17) is 0 Å². The summed E-state index contributed by atoms with van der Waals surface area (Å²) in [6.45, 7) is 0.785. The number of fused-ring (bicyclic) bond motifs is 1. The lowest BCUT2D eigenvalue weighted by Gasteiger charge is -2.26. The van der Waals surface area contributed by atoms with Crippen molar-refractivity contribution >= 4 is 34.7 Å². The maximum Gasteiger partial charge on any atom is 0.274 e. The molecule has 8 nitrogen and oxygen atoms in total. The molecule has 5 rings (SSSR count). The molecule has 146 valence electrons. The topological polar surface area (TPSA) is 100 Å². The van der Waals surface area contributed by atoms with Crippen LogP contribution in [0.15, 0.2) is 48.2 Å². The van der Waals surface area contributed by atoms with Crippen LogP contribution in [0.5, 0.6) is 0 Å². The highest BCUT2D eigenvalue weighted by atomic mass is 32.1. The number of anilines is 2. The van der Waals surface area contributed by atoms with E-state index >= 15 is 0 Å². The summed E-state index contributed by atoms with van der Waals surface area (Å²) in [7, 11) is 0. The Kier molecular flexibility index (Phi) is 4.24. The summed E-state index contributed by atoms with van der Waals surface area (Å²) in [6, 6.07) is 7.40. The minimum absolute atomic E-state index is 0.121. The average Bonchev–Trinajstić information content (AvgIpc) is 3.24. The Morgan fingerprint density at radius 2 is 2.00 bits per heavy atom. The van der Waals surface area contributed by atoms with Gasteiger partial charge in [-0.25, -0.2) is 9.97 Å². The highest BCUT2D eigenvalue weighted by Gasteiger charge is 2.58. The zero-order chi connectivity index (χ0) is 19.8. The number of pyridine rings is 2. The van der Waals surface area contributed by atoms with Gasteiger partial charge >= 0.3 is 0 Å². The molecule has 1 fully saturated rings. The Morgan fingerprint density at radius 3 is 2.72 bits per heavy atom. The zero-order valence-corrected chi connectivity index (χ0v) is 16.3. The molecule has 0 spiro atoms. The number of amides is 2. The minimum atomic E-state index is -0.770. The summed E-state index contributed by atoms with van der Waals surface area (Å²) >= 11 is 1.49. The van der Waals surface area contributed by atoms with Gasteiger partial charge in [0.05, 0.1) is 6.54 Å². The Balaban J connectivity index is 1.32. The Bertz CT molecular complexity index is 1070. The third-order valence-electron chi connectivity index (χ3n) is 5.25. The smallest absolute Gasteiger partial charge is 0.274 e. The number of aromatic nitrogens is 3. The van der Waals surface area contributed by atoms with Crippen molar-refractivity contribution in [1.82, 2.24) is 25.2 Å². The van der Waals surface area contributed by atoms with E-state index in [1.54, 1.807) is 23.5 Å². The first kappa shape index (κ1) is 17.7. The maximum atomic E-state index is 13.1. The van der Waals surface area contributed by atoms with Crippen LogP contribution in [0.1, 0.15) is 33.9 Å². The lowest BCUT2D eigenvalue weighted by molar-refractivity contribution is -0.127. The van der Waals surface area contributed by atoms with E-state index in [1.807, 2.05) is 29.6 Å². The van der Waals surface area contributed by atoms with Gasteiger partial charge < -0.3 is 15.5 Å². The number of thiazole rings is 1. The highest BCUT2D eigenvalue weighted by molar-refractivity contribution is 7.09. The van der Waals surface area contributed by atoms with Gasteiger partial charge in [-0.05, 0) is 31.0 Å². The van der Waals surface area contributed by atoms with E-state index in [2.05, 4.69) is 25.6 Å². The van der Waals surface area contributed by atoms with E-state index < -0.39 is 5.54 Å². The second-order valence-electron chi connectivity index (χ2n) is 7.10. The first-order chi connectivity index (χ1) is 14.2. The van der Waals surface area contributed by atoms with Gasteiger partial charge in [0.15, 0.2) is 0 Å². The molecule has 29 heavy (non-hydrogen) atoms. The molecule has 9 heteroatoms. The van der Waals surface area contributed by atoms with E-state index in [9.17, 15) is 9.59 Å². The Morgan fingerprint density at radius 1 is 1.17 bits per heavy atom. The van der Waals surface area contributed by atoms with Crippen molar-refractivity contribution in [3.63, 3.8) is 0 Å². The summed E-state index contributed by atoms with van der Waals surface area (Å²) in [5.41, 5.74) is 1.32. The molecule has 2 aliphatic rings. The summed E-state index contributed by atoms with van der Waals surface area (Å²) in [5.74, 6) is 0.271. The molecule has 2 N–H and O–H groups in total. The van der Waals surface area contributed by atoms with Crippen LogP contribution in [0, 0.1) is 0 Å². The molecule has 1 saturated carbocycles. The molecule has 0 saturated heterocycles. The van der Waals surface area contributed by atoms with Gasteiger partial charge in [0.25, 0.3) is 5.91 Å². The van der Waals surface area contributed by atoms with Gasteiger partial charge in [0, 0.05) is 41.8 Å². The number of rotatable bonds is 6. The van der Waals surface area contributed by atoms with Gasteiger partial charge in [0.1, 0.15) is 22.1 Å². The Hall–Kier alpha value is -3.33. The second-order valence-corrected chi connectivity index (χ2v) is 8.08. The molecule has 0 atom stereocenters. The second kappa shape index (κ2) is 6.93. The lowest BCUT2D eigenvalue weighted by Crippen LogP contribution is -2.49. The summed E-state index contributed by atoms with van der Waals surface area (Å²) in [4.78, 5) is 40.2. The SMILES string of the molecule is O=C1c2nc(Nc3ccncc3)ccc2CN1C1(C(=O)NCc2nccs2)CC1. The number of nitrogens with one attached hydrogen (secondary N) is 2. The average molecular weight is 406 g/mol. The largest absolute Gasteiger partial charge is 0.348 e. The molecule has 4 heterocycles. The van der Waals surface area contributed by atoms with Crippen molar-refractivity contribution in [3.8, 4) is 0 Å². The first-order valence-electron chi connectivity index (χ1n) is 9.31. The van der Waals surface area contributed by atoms with Gasteiger partial charge in [-0.1, -0.05) is 6.07 Å². The maximum absolute atomic E-state index is 13.1. The first-order valence-corrected chi connectivity index (χ1v) is 10.2. The number of hydrogen-bond acceptors (Lipinski definition) is 7. The molecule has 0 bridgehead atoms. The Labute approximate surface area is 171 Å². The van der Waals surface area contributed by atoms with Crippen molar-refractivity contribution < 1.29 is 9.59 Å². The molecule has 3 aromatic rings. The number of carbonyl (C=O) groups excluding carboxylic acids is 2. The third kappa shape index (κ3) is 3.23. The number of carbonyl (C=O) groups is 2. The van der Waals surface area contributed by atoms with Gasteiger partial charge in [-0.2, -0.15) is 0 Å². The standard InChI is InChI=1S/C20H18N6O2S/c27-18-17-13(1-2-15(25-17)24-14-3-7-21-8-4-14)12-26(18)20(5-6-20)19(28)23-11-16-22-9-10-29-16/h1-4,7-10H,5-6,11-12H2,(H,23,28)(H,21,24,25). The van der Waals surface area contributed by atoms with Crippen LogP contribution >= 0.6 is 11.3 Å². The van der Waals surface area contributed by atoms with E-state index in [1.165, 1.54) is 11.3 Å². The monoisotopic (exact) mass is 406 g/mol. The fourth-order valence-electron chi connectivity index (χ4n) is 3.57. The zero-order valence-electron chi connectivity index (χ0n) is 15.5. The van der Waals surface area contributed by atoms with Crippen molar-refractivity contribution in [2.24, 2.45) is 0 Å². The fraction of sp³-hybridized carbons (Fsp3) is 0.250. The van der Waals surface area contributed by atoms with Crippen molar-refractivity contribution in [1.29, 1.82) is 0 Å². The van der Waals surface area contributed by atoms with Crippen LogP contribution in [0.3, 0.4) is 0 Å². The lowest BCUT2D eigenvalue weighted by atomic mass is 10.2.